The van der Waals surface area contributed by atoms with Crippen LogP contribution in [0.15, 0.2) is 36.7 Å². The molecule has 2 aromatic heterocycles. The summed E-state index contributed by atoms with van der Waals surface area (Å²) in [4.78, 5) is 15.2. The zero-order chi connectivity index (χ0) is 15.4. The largest absolute Gasteiger partial charge is 0.478 e. The lowest BCUT2D eigenvalue weighted by molar-refractivity contribution is 0.0697. The molecule has 0 aliphatic rings. The first-order valence-corrected chi connectivity index (χ1v) is 6.81. The van der Waals surface area contributed by atoms with E-state index in [0.717, 1.165) is 30.8 Å². The standard InChI is InChI=1S/C14H14N6O2/c21-14(22)11-5-3-10(4-6-11)13-15-7-9-20(13)8-1-2-12-16-18-19-17-12/h3-7,9H,1-2,8H2,(H,21,22)(H,16,17,18,19). The molecule has 1 aromatic carbocycles. The molecule has 0 unspecified atom stereocenters. The van der Waals surface area contributed by atoms with Gasteiger partial charge in [0.15, 0.2) is 5.82 Å². The predicted molar refractivity (Wildman–Crippen MR) is 77.1 cm³/mol. The number of aryl methyl sites for hydroxylation is 2. The van der Waals surface area contributed by atoms with E-state index in [2.05, 4.69) is 25.6 Å². The minimum atomic E-state index is -0.935. The van der Waals surface area contributed by atoms with Crippen LogP contribution in [0.1, 0.15) is 22.6 Å². The van der Waals surface area contributed by atoms with Crippen molar-refractivity contribution >= 4 is 5.97 Å². The van der Waals surface area contributed by atoms with Gasteiger partial charge >= 0.3 is 5.97 Å². The third-order valence-electron chi connectivity index (χ3n) is 3.29. The summed E-state index contributed by atoms with van der Waals surface area (Å²) >= 11 is 0. The number of carboxylic acid groups (broad SMARTS) is 1. The van der Waals surface area contributed by atoms with Crippen molar-refractivity contribution in [1.29, 1.82) is 0 Å². The first-order valence-electron chi connectivity index (χ1n) is 6.81. The van der Waals surface area contributed by atoms with Crippen LogP contribution in [-0.2, 0) is 13.0 Å². The van der Waals surface area contributed by atoms with Crippen molar-refractivity contribution in [1.82, 2.24) is 30.2 Å². The minimum Gasteiger partial charge on any atom is -0.478 e. The van der Waals surface area contributed by atoms with Gasteiger partial charge in [0, 0.05) is 30.9 Å². The topological polar surface area (TPSA) is 110 Å². The molecule has 0 aliphatic carbocycles. The molecule has 0 atom stereocenters. The Kier molecular flexibility index (Phi) is 3.90. The highest BCUT2D eigenvalue weighted by molar-refractivity contribution is 5.88. The Bertz CT molecular complexity index is 748. The van der Waals surface area contributed by atoms with Crippen molar-refractivity contribution in [3.8, 4) is 11.4 Å². The highest BCUT2D eigenvalue weighted by Crippen LogP contribution is 2.18. The molecule has 22 heavy (non-hydrogen) atoms. The number of nitrogens with one attached hydrogen (secondary N) is 1. The molecule has 8 heteroatoms. The van der Waals surface area contributed by atoms with Gasteiger partial charge in [-0.05, 0) is 18.6 Å². The minimum absolute atomic E-state index is 0.263. The van der Waals surface area contributed by atoms with Crippen LogP contribution in [0.5, 0.6) is 0 Å². The second-order valence-electron chi connectivity index (χ2n) is 4.76. The van der Waals surface area contributed by atoms with Crippen molar-refractivity contribution in [2.24, 2.45) is 0 Å². The normalized spacial score (nSPS) is 10.7. The Morgan fingerprint density at radius 1 is 1.27 bits per heavy atom. The Labute approximate surface area is 125 Å². The molecule has 8 nitrogen and oxygen atoms in total. The number of tetrazole rings is 1. The van der Waals surface area contributed by atoms with Crippen molar-refractivity contribution < 1.29 is 9.90 Å². The van der Waals surface area contributed by atoms with Crippen molar-refractivity contribution in [3.05, 3.63) is 48.0 Å². The van der Waals surface area contributed by atoms with E-state index < -0.39 is 5.97 Å². The number of hydrogen-bond donors (Lipinski definition) is 2. The van der Waals surface area contributed by atoms with Gasteiger partial charge in [0.2, 0.25) is 0 Å². The maximum atomic E-state index is 10.9. The quantitative estimate of drug-likeness (QED) is 0.711. The second-order valence-corrected chi connectivity index (χ2v) is 4.76. The van der Waals surface area contributed by atoms with Gasteiger partial charge in [-0.2, -0.15) is 5.21 Å². The van der Waals surface area contributed by atoms with E-state index in [-0.39, 0.29) is 5.56 Å². The number of aromatic carboxylic acids is 1. The summed E-state index contributed by atoms with van der Waals surface area (Å²) in [6.45, 7) is 0.768. The van der Waals surface area contributed by atoms with Crippen LogP contribution in [0.25, 0.3) is 11.4 Å². The molecule has 0 fully saturated rings. The molecular formula is C14H14N6O2. The van der Waals surface area contributed by atoms with Gasteiger partial charge in [-0.15, -0.1) is 10.2 Å². The first-order chi connectivity index (χ1) is 10.7. The summed E-state index contributed by atoms with van der Waals surface area (Å²) in [6, 6.07) is 6.69. The summed E-state index contributed by atoms with van der Waals surface area (Å²) in [5, 5.41) is 22.7. The van der Waals surface area contributed by atoms with Gasteiger partial charge < -0.3 is 9.67 Å². The SMILES string of the molecule is O=C(O)c1ccc(-c2nccn2CCCc2nn[nH]n2)cc1. The number of nitrogens with zero attached hydrogens (tertiary/aromatic N) is 5. The number of benzene rings is 1. The molecule has 0 amide bonds. The zero-order valence-electron chi connectivity index (χ0n) is 11.7. The van der Waals surface area contributed by atoms with E-state index in [9.17, 15) is 4.79 Å². The fraction of sp³-hybridized carbons (Fsp3) is 0.214. The van der Waals surface area contributed by atoms with Gasteiger partial charge in [0.05, 0.1) is 5.56 Å². The van der Waals surface area contributed by atoms with E-state index in [1.807, 2.05) is 10.8 Å². The van der Waals surface area contributed by atoms with E-state index in [1.54, 1.807) is 30.5 Å². The highest BCUT2D eigenvalue weighted by atomic mass is 16.4. The van der Waals surface area contributed by atoms with Gasteiger partial charge in [-0.1, -0.05) is 17.3 Å². The van der Waals surface area contributed by atoms with Crippen LogP contribution in [0.3, 0.4) is 0 Å². The summed E-state index contributed by atoms with van der Waals surface area (Å²) in [6.07, 6.45) is 5.22. The van der Waals surface area contributed by atoms with Gasteiger partial charge in [-0.25, -0.2) is 9.78 Å². The zero-order valence-corrected chi connectivity index (χ0v) is 11.7. The third-order valence-corrected chi connectivity index (χ3v) is 3.29. The van der Waals surface area contributed by atoms with Crippen molar-refractivity contribution in [2.75, 3.05) is 0 Å². The molecule has 0 spiro atoms. The molecule has 0 bridgehead atoms. The summed E-state index contributed by atoms with van der Waals surface area (Å²) in [5.74, 6) is 0.563. The van der Waals surface area contributed by atoms with Crippen LogP contribution >= 0.6 is 0 Å². The number of carbonyl (C=O) groups is 1. The number of hydrogen-bond acceptors (Lipinski definition) is 5. The van der Waals surface area contributed by atoms with Crippen LogP contribution < -0.4 is 0 Å². The Balaban J connectivity index is 1.69. The third kappa shape index (κ3) is 3.00. The number of rotatable bonds is 6. The van der Waals surface area contributed by atoms with E-state index in [1.165, 1.54) is 0 Å². The van der Waals surface area contributed by atoms with Gasteiger partial charge in [0.1, 0.15) is 5.82 Å². The Hall–Kier alpha value is -3.03. The highest BCUT2D eigenvalue weighted by Gasteiger charge is 2.08. The van der Waals surface area contributed by atoms with E-state index in [0.29, 0.717) is 5.82 Å². The molecule has 2 heterocycles. The maximum absolute atomic E-state index is 10.9. The predicted octanol–water partition coefficient (Wildman–Crippen LogP) is 1.39. The molecule has 0 radical (unpaired) electrons. The number of carboxylic acids is 1. The maximum Gasteiger partial charge on any atom is 0.335 e. The molecule has 112 valence electrons. The lowest BCUT2D eigenvalue weighted by Gasteiger charge is -2.07. The lowest BCUT2D eigenvalue weighted by atomic mass is 10.1. The molecule has 0 saturated heterocycles. The number of aromatic nitrogens is 6. The average Bonchev–Trinajstić information content (AvgIpc) is 3.19. The molecular weight excluding hydrogens is 284 g/mol. The smallest absolute Gasteiger partial charge is 0.335 e. The molecule has 3 rings (SSSR count). The van der Waals surface area contributed by atoms with Crippen LogP contribution in [-0.4, -0.2) is 41.3 Å². The fourth-order valence-corrected chi connectivity index (χ4v) is 2.21. The van der Waals surface area contributed by atoms with Crippen LogP contribution in [0.2, 0.25) is 0 Å². The molecule has 3 aromatic rings. The van der Waals surface area contributed by atoms with Crippen LogP contribution in [0.4, 0.5) is 0 Å². The number of imidazole rings is 1. The monoisotopic (exact) mass is 298 g/mol. The van der Waals surface area contributed by atoms with Gasteiger partial charge in [-0.3, -0.25) is 0 Å². The Morgan fingerprint density at radius 3 is 2.77 bits per heavy atom. The number of aromatic amines is 1. The second kappa shape index (κ2) is 6.17. The lowest BCUT2D eigenvalue weighted by Crippen LogP contribution is -2.02. The average molecular weight is 298 g/mol. The fourth-order valence-electron chi connectivity index (χ4n) is 2.21. The van der Waals surface area contributed by atoms with E-state index in [4.69, 9.17) is 5.11 Å². The van der Waals surface area contributed by atoms with Crippen LogP contribution in [0, 0.1) is 0 Å². The van der Waals surface area contributed by atoms with Crippen molar-refractivity contribution in [2.45, 2.75) is 19.4 Å². The summed E-state index contributed by atoms with van der Waals surface area (Å²) < 4.78 is 2.02. The molecule has 0 aliphatic heterocycles. The first kappa shape index (κ1) is 13.9. The van der Waals surface area contributed by atoms with E-state index >= 15 is 0 Å². The molecule has 0 saturated carbocycles. The van der Waals surface area contributed by atoms with Gasteiger partial charge in [0.25, 0.3) is 0 Å². The number of H-pyrrole nitrogens is 1. The Morgan fingerprint density at radius 2 is 2.09 bits per heavy atom. The summed E-state index contributed by atoms with van der Waals surface area (Å²) in [5.41, 5.74) is 1.15. The summed E-state index contributed by atoms with van der Waals surface area (Å²) in [7, 11) is 0. The molecule has 2 N–H and O–H groups in total. The van der Waals surface area contributed by atoms with Crippen molar-refractivity contribution in [3.63, 3.8) is 0 Å².